The summed E-state index contributed by atoms with van der Waals surface area (Å²) in [5.41, 5.74) is 0.867. The van der Waals surface area contributed by atoms with Gasteiger partial charge in [-0.15, -0.1) is 5.11 Å². The standard InChI is InChI=1S/C13H13F3N2O2/c1-7-4-5-10(8(2)6-7)17-18-11(9(3)19)12(20)13(14,15)16/h4-6,20H,1-3H3/b12-11+,18-17?. The van der Waals surface area contributed by atoms with Crippen molar-refractivity contribution in [2.24, 2.45) is 10.2 Å². The molecule has 0 aliphatic rings. The first-order chi connectivity index (χ1) is 9.12. The fourth-order valence-electron chi connectivity index (χ4n) is 1.44. The maximum Gasteiger partial charge on any atom is 0.451 e. The maximum absolute atomic E-state index is 12.4. The third kappa shape index (κ3) is 3.91. The van der Waals surface area contributed by atoms with Gasteiger partial charge in [0, 0.05) is 6.92 Å². The monoisotopic (exact) mass is 286 g/mol. The maximum atomic E-state index is 12.4. The number of carbonyl (C=O) groups is 1. The van der Waals surface area contributed by atoms with Crippen LogP contribution in [0.4, 0.5) is 18.9 Å². The highest BCUT2D eigenvalue weighted by atomic mass is 19.4. The van der Waals surface area contributed by atoms with Gasteiger partial charge in [0.05, 0.1) is 5.69 Å². The number of azo groups is 1. The SMILES string of the molecule is CC(=O)/C(N=Nc1ccc(C)cc1C)=C(\O)C(F)(F)F. The van der Waals surface area contributed by atoms with Crippen molar-refractivity contribution in [3.05, 3.63) is 40.8 Å². The number of hydrogen-bond donors (Lipinski definition) is 1. The van der Waals surface area contributed by atoms with Crippen molar-refractivity contribution in [3.63, 3.8) is 0 Å². The van der Waals surface area contributed by atoms with Crippen molar-refractivity contribution < 1.29 is 23.1 Å². The van der Waals surface area contributed by atoms with E-state index in [-0.39, 0.29) is 0 Å². The summed E-state index contributed by atoms with van der Waals surface area (Å²) >= 11 is 0. The average Bonchev–Trinajstić information content (AvgIpc) is 2.30. The van der Waals surface area contributed by atoms with E-state index in [1.54, 1.807) is 25.1 Å². The highest BCUT2D eigenvalue weighted by Gasteiger charge is 2.38. The summed E-state index contributed by atoms with van der Waals surface area (Å²) in [5, 5.41) is 15.8. The number of aliphatic hydroxyl groups excluding tert-OH is 1. The van der Waals surface area contributed by atoms with Crippen LogP contribution in [0.15, 0.2) is 39.9 Å². The van der Waals surface area contributed by atoms with Crippen molar-refractivity contribution >= 4 is 11.5 Å². The van der Waals surface area contributed by atoms with Crippen molar-refractivity contribution in [1.82, 2.24) is 0 Å². The summed E-state index contributed by atoms with van der Waals surface area (Å²) in [6.07, 6.45) is -5.04. The van der Waals surface area contributed by atoms with Gasteiger partial charge in [-0.3, -0.25) is 4.79 Å². The molecule has 0 atom stereocenters. The second-order valence-electron chi connectivity index (χ2n) is 4.24. The Kier molecular flexibility index (Phi) is 4.65. The van der Waals surface area contributed by atoms with Crippen LogP contribution in [-0.2, 0) is 4.79 Å². The Labute approximate surface area is 113 Å². The Hall–Kier alpha value is -2.18. The summed E-state index contributed by atoms with van der Waals surface area (Å²) in [7, 11) is 0. The highest BCUT2D eigenvalue weighted by Crippen LogP contribution is 2.28. The zero-order valence-corrected chi connectivity index (χ0v) is 11.1. The number of alkyl halides is 3. The molecule has 20 heavy (non-hydrogen) atoms. The van der Waals surface area contributed by atoms with Crippen molar-refractivity contribution in [3.8, 4) is 0 Å². The van der Waals surface area contributed by atoms with Crippen molar-refractivity contribution in [2.75, 3.05) is 0 Å². The van der Waals surface area contributed by atoms with Gasteiger partial charge in [0.25, 0.3) is 0 Å². The Morgan fingerprint density at radius 1 is 1.25 bits per heavy atom. The van der Waals surface area contributed by atoms with E-state index in [4.69, 9.17) is 5.11 Å². The van der Waals surface area contributed by atoms with E-state index in [0.717, 1.165) is 12.5 Å². The van der Waals surface area contributed by atoms with Crippen LogP contribution < -0.4 is 0 Å². The molecule has 0 aliphatic carbocycles. The molecule has 0 saturated heterocycles. The summed E-state index contributed by atoms with van der Waals surface area (Å²) in [6, 6.07) is 5.05. The third-order valence-corrected chi connectivity index (χ3v) is 2.44. The molecular formula is C13H13F3N2O2. The minimum absolute atomic E-state index is 0.323. The quantitative estimate of drug-likeness (QED) is 0.511. The van der Waals surface area contributed by atoms with Crippen LogP contribution >= 0.6 is 0 Å². The largest absolute Gasteiger partial charge is 0.503 e. The number of carbonyl (C=O) groups excluding carboxylic acids is 1. The van der Waals surface area contributed by atoms with Crippen LogP contribution in [0.1, 0.15) is 18.1 Å². The van der Waals surface area contributed by atoms with E-state index in [1.165, 1.54) is 0 Å². The topological polar surface area (TPSA) is 62.0 Å². The Morgan fingerprint density at radius 2 is 1.85 bits per heavy atom. The zero-order valence-electron chi connectivity index (χ0n) is 11.1. The molecule has 0 amide bonds. The molecule has 1 N–H and O–H groups in total. The number of halogens is 3. The molecule has 0 bridgehead atoms. The van der Waals surface area contributed by atoms with Crippen LogP contribution in [0.25, 0.3) is 0 Å². The molecule has 7 heteroatoms. The van der Waals surface area contributed by atoms with E-state index in [2.05, 4.69) is 10.2 Å². The van der Waals surface area contributed by atoms with Gasteiger partial charge in [0.1, 0.15) is 0 Å². The molecule has 1 rings (SSSR count). The number of aryl methyl sites for hydroxylation is 2. The minimum Gasteiger partial charge on any atom is -0.503 e. The van der Waals surface area contributed by atoms with Gasteiger partial charge in [0.15, 0.2) is 11.5 Å². The van der Waals surface area contributed by atoms with Gasteiger partial charge < -0.3 is 5.11 Å². The third-order valence-electron chi connectivity index (χ3n) is 2.44. The summed E-state index contributed by atoms with van der Waals surface area (Å²) in [4.78, 5) is 11.1. The number of aliphatic hydroxyl groups is 1. The van der Waals surface area contributed by atoms with Gasteiger partial charge in [0.2, 0.25) is 5.76 Å². The second kappa shape index (κ2) is 5.85. The van der Waals surface area contributed by atoms with Crippen LogP contribution in [0.2, 0.25) is 0 Å². The van der Waals surface area contributed by atoms with Crippen LogP contribution in [0, 0.1) is 13.8 Å². The van der Waals surface area contributed by atoms with Crippen LogP contribution in [0.5, 0.6) is 0 Å². The van der Waals surface area contributed by atoms with Gasteiger partial charge in [-0.25, -0.2) is 0 Å². The molecule has 0 aromatic heterocycles. The average molecular weight is 286 g/mol. The Bertz CT molecular complexity index is 590. The molecule has 1 aromatic carbocycles. The number of rotatable bonds is 3. The molecule has 0 aliphatic heterocycles. The Balaban J connectivity index is 3.21. The fraction of sp³-hybridized carbons (Fsp3) is 0.308. The van der Waals surface area contributed by atoms with E-state index in [1.807, 2.05) is 6.92 Å². The number of allylic oxidation sites excluding steroid dienone is 2. The number of ketones is 1. The van der Waals surface area contributed by atoms with E-state index in [0.29, 0.717) is 11.3 Å². The van der Waals surface area contributed by atoms with E-state index >= 15 is 0 Å². The van der Waals surface area contributed by atoms with Gasteiger partial charge in [-0.05, 0) is 25.5 Å². The lowest BCUT2D eigenvalue weighted by molar-refractivity contribution is -0.126. The molecule has 1 aromatic rings. The van der Waals surface area contributed by atoms with Gasteiger partial charge in [-0.1, -0.05) is 17.7 Å². The van der Waals surface area contributed by atoms with E-state index in [9.17, 15) is 18.0 Å². The number of Topliss-reactive ketones (excluding diaryl/α,β-unsaturated/α-hetero) is 1. The minimum atomic E-state index is -5.04. The molecule has 0 radical (unpaired) electrons. The second-order valence-corrected chi connectivity index (χ2v) is 4.24. The first kappa shape index (κ1) is 15.9. The normalized spacial score (nSPS) is 13.5. The molecule has 0 saturated carbocycles. The first-order valence-corrected chi connectivity index (χ1v) is 5.63. The predicted octanol–water partition coefficient (Wildman–Crippen LogP) is 4.31. The van der Waals surface area contributed by atoms with Crippen molar-refractivity contribution in [2.45, 2.75) is 26.9 Å². The number of benzene rings is 1. The molecular weight excluding hydrogens is 273 g/mol. The van der Waals surface area contributed by atoms with Crippen LogP contribution in [0.3, 0.4) is 0 Å². The summed E-state index contributed by atoms with van der Waals surface area (Å²) in [5.74, 6) is -3.06. The van der Waals surface area contributed by atoms with E-state index < -0.39 is 23.4 Å². The lowest BCUT2D eigenvalue weighted by atomic mass is 10.1. The van der Waals surface area contributed by atoms with Gasteiger partial charge in [-0.2, -0.15) is 18.3 Å². The molecule has 108 valence electrons. The predicted molar refractivity (Wildman–Crippen MR) is 66.8 cm³/mol. The Morgan fingerprint density at radius 3 is 2.30 bits per heavy atom. The smallest absolute Gasteiger partial charge is 0.451 e. The lowest BCUT2D eigenvalue weighted by Gasteiger charge is -2.06. The lowest BCUT2D eigenvalue weighted by Crippen LogP contribution is -2.16. The zero-order chi connectivity index (χ0) is 15.5. The number of hydrogen-bond acceptors (Lipinski definition) is 4. The molecule has 0 fully saturated rings. The van der Waals surface area contributed by atoms with Crippen LogP contribution in [-0.4, -0.2) is 17.1 Å². The van der Waals surface area contributed by atoms with Crippen molar-refractivity contribution in [1.29, 1.82) is 0 Å². The molecule has 0 spiro atoms. The first-order valence-electron chi connectivity index (χ1n) is 5.63. The summed E-state index contributed by atoms with van der Waals surface area (Å²) in [6.45, 7) is 4.44. The number of nitrogens with zero attached hydrogens (tertiary/aromatic N) is 2. The molecule has 4 nitrogen and oxygen atoms in total. The summed E-state index contributed by atoms with van der Waals surface area (Å²) < 4.78 is 37.1. The fourth-order valence-corrected chi connectivity index (χ4v) is 1.44. The molecule has 0 unspecified atom stereocenters. The van der Waals surface area contributed by atoms with Gasteiger partial charge >= 0.3 is 6.18 Å². The molecule has 0 heterocycles. The highest BCUT2D eigenvalue weighted by molar-refractivity contribution is 5.93.